The summed E-state index contributed by atoms with van der Waals surface area (Å²) in [6.45, 7) is -1.24. The summed E-state index contributed by atoms with van der Waals surface area (Å²) >= 11 is 0. The number of benzene rings is 1. The maximum atomic E-state index is 12.3. The summed E-state index contributed by atoms with van der Waals surface area (Å²) in [6.07, 6.45) is -4.11. The Labute approximate surface area is 140 Å². The van der Waals surface area contributed by atoms with Gasteiger partial charge in [0.2, 0.25) is 0 Å². The van der Waals surface area contributed by atoms with E-state index in [0.29, 0.717) is 12.0 Å². The van der Waals surface area contributed by atoms with Gasteiger partial charge < -0.3 is 19.9 Å². The van der Waals surface area contributed by atoms with Crippen LogP contribution in [0, 0.1) is 11.3 Å². The lowest BCUT2D eigenvalue weighted by Crippen LogP contribution is -2.52. The molecule has 1 atom stereocenters. The van der Waals surface area contributed by atoms with E-state index in [1.165, 1.54) is 18.2 Å². The molecule has 0 saturated carbocycles. The van der Waals surface area contributed by atoms with Crippen LogP contribution in [0.1, 0.15) is 18.4 Å². The van der Waals surface area contributed by atoms with E-state index in [-0.39, 0.29) is 35.9 Å². The highest BCUT2D eigenvalue weighted by atomic mass is 19.4. The molecule has 0 aromatic heterocycles. The van der Waals surface area contributed by atoms with Gasteiger partial charge in [0.05, 0.1) is 12.1 Å². The Bertz CT molecular complexity index is 798. The third-order valence-electron chi connectivity index (χ3n) is 4.11. The van der Waals surface area contributed by atoms with Crippen molar-refractivity contribution >= 4 is 5.91 Å². The van der Waals surface area contributed by atoms with Gasteiger partial charge in [0.1, 0.15) is 23.3 Å². The first-order chi connectivity index (χ1) is 11.7. The SMILES string of the molecule is N#CC1=C(O)C[C@@]2(CCOc3cc(OCC(F)(F)F)ccc32)NC1=O. The van der Waals surface area contributed by atoms with Crippen molar-refractivity contribution in [3.8, 4) is 17.6 Å². The van der Waals surface area contributed by atoms with E-state index >= 15 is 0 Å². The van der Waals surface area contributed by atoms with Crippen molar-refractivity contribution in [1.82, 2.24) is 5.32 Å². The van der Waals surface area contributed by atoms with Gasteiger partial charge in [-0.15, -0.1) is 0 Å². The fraction of sp³-hybridized carbons (Fsp3) is 0.375. The van der Waals surface area contributed by atoms with E-state index in [9.17, 15) is 23.1 Å². The highest BCUT2D eigenvalue weighted by Crippen LogP contribution is 2.44. The Morgan fingerprint density at radius 1 is 1.44 bits per heavy atom. The largest absolute Gasteiger partial charge is 0.511 e. The molecule has 0 aliphatic carbocycles. The molecule has 0 saturated heterocycles. The first-order valence-electron chi connectivity index (χ1n) is 7.36. The topological polar surface area (TPSA) is 91.6 Å². The summed E-state index contributed by atoms with van der Waals surface area (Å²) in [4.78, 5) is 12.1. The number of fused-ring (bicyclic) bond motifs is 2. The average molecular weight is 354 g/mol. The lowest BCUT2D eigenvalue weighted by Gasteiger charge is -2.41. The van der Waals surface area contributed by atoms with E-state index in [1.54, 1.807) is 6.07 Å². The number of carbonyl (C=O) groups excluding carboxylic acids is 1. The van der Waals surface area contributed by atoms with Crippen LogP contribution in [0.3, 0.4) is 0 Å². The Balaban J connectivity index is 1.92. The third-order valence-corrected chi connectivity index (χ3v) is 4.11. The molecular formula is C16H13F3N2O4. The van der Waals surface area contributed by atoms with Gasteiger partial charge in [0.15, 0.2) is 12.2 Å². The van der Waals surface area contributed by atoms with Crippen LogP contribution in [0.4, 0.5) is 13.2 Å². The summed E-state index contributed by atoms with van der Waals surface area (Å²) in [7, 11) is 0. The van der Waals surface area contributed by atoms with Crippen molar-refractivity contribution < 1.29 is 32.5 Å². The number of ether oxygens (including phenoxy) is 2. The van der Waals surface area contributed by atoms with Gasteiger partial charge in [-0.2, -0.15) is 18.4 Å². The zero-order valence-electron chi connectivity index (χ0n) is 12.8. The fourth-order valence-corrected chi connectivity index (χ4v) is 3.00. The predicted octanol–water partition coefficient (Wildman–Crippen LogP) is 2.46. The molecule has 0 radical (unpaired) electrons. The van der Waals surface area contributed by atoms with Crippen molar-refractivity contribution in [1.29, 1.82) is 5.26 Å². The van der Waals surface area contributed by atoms with Crippen LogP contribution < -0.4 is 14.8 Å². The molecule has 1 aromatic rings. The number of alkyl halides is 3. The molecule has 0 bridgehead atoms. The number of halogens is 3. The predicted molar refractivity (Wildman–Crippen MR) is 77.8 cm³/mol. The molecular weight excluding hydrogens is 341 g/mol. The van der Waals surface area contributed by atoms with Gasteiger partial charge in [-0.05, 0) is 12.1 Å². The van der Waals surface area contributed by atoms with E-state index in [4.69, 9.17) is 14.7 Å². The number of aliphatic hydroxyl groups excluding tert-OH is 1. The molecule has 1 amide bonds. The Morgan fingerprint density at radius 3 is 2.84 bits per heavy atom. The Kier molecular flexibility index (Phi) is 3.99. The summed E-state index contributed by atoms with van der Waals surface area (Å²) in [5.41, 5.74) is -0.809. The lowest BCUT2D eigenvalue weighted by molar-refractivity contribution is -0.153. The zero-order valence-corrected chi connectivity index (χ0v) is 12.8. The van der Waals surface area contributed by atoms with Crippen LogP contribution in [-0.2, 0) is 10.3 Å². The maximum Gasteiger partial charge on any atom is 0.422 e. The van der Waals surface area contributed by atoms with Gasteiger partial charge in [-0.3, -0.25) is 4.79 Å². The molecule has 132 valence electrons. The molecule has 1 spiro atoms. The van der Waals surface area contributed by atoms with E-state index in [1.807, 2.05) is 0 Å². The minimum Gasteiger partial charge on any atom is -0.511 e. The first-order valence-corrected chi connectivity index (χ1v) is 7.36. The van der Waals surface area contributed by atoms with Crippen LogP contribution >= 0.6 is 0 Å². The molecule has 1 aromatic carbocycles. The highest BCUT2D eigenvalue weighted by Gasteiger charge is 2.44. The maximum absolute atomic E-state index is 12.3. The molecule has 2 aliphatic rings. The molecule has 0 unspecified atom stereocenters. The van der Waals surface area contributed by atoms with Crippen LogP contribution in [0.15, 0.2) is 29.5 Å². The molecule has 2 N–H and O–H groups in total. The van der Waals surface area contributed by atoms with Gasteiger partial charge in [0, 0.05) is 24.5 Å². The summed E-state index contributed by atoms with van der Waals surface area (Å²) in [5, 5.41) is 21.6. The Morgan fingerprint density at radius 2 is 2.20 bits per heavy atom. The van der Waals surface area contributed by atoms with Gasteiger partial charge in [0.25, 0.3) is 5.91 Å². The minimum absolute atomic E-state index is 0.000742. The third kappa shape index (κ3) is 3.20. The van der Waals surface area contributed by atoms with E-state index in [0.717, 1.165) is 0 Å². The van der Waals surface area contributed by atoms with Gasteiger partial charge >= 0.3 is 6.18 Å². The number of nitrogens with one attached hydrogen (secondary N) is 1. The van der Waals surface area contributed by atoms with Gasteiger partial charge in [-0.1, -0.05) is 0 Å². The number of nitrogens with zero attached hydrogens (tertiary/aromatic N) is 1. The summed E-state index contributed by atoms with van der Waals surface area (Å²) in [5.74, 6) is -0.778. The second-order valence-electron chi connectivity index (χ2n) is 5.81. The monoisotopic (exact) mass is 354 g/mol. The lowest BCUT2D eigenvalue weighted by atomic mass is 9.78. The Hall–Kier alpha value is -2.89. The second-order valence-corrected chi connectivity index (χ2v) is 5.81. The van der Waals surface area contributed by atoms with Crippen molar-refractivity contribution in [2.75, 3.05) is 13.2 Å². The number of rotatable bonds is 2. The molecule has 0 fully saturated rings. The number of amides is 1. The van der Waals surface area contributed by atoms with E-state index in [2.05, 4.69) is 5.32 Å². The first kappa shape index (κ1) is 17.0. The highest BCUT2D eigenvalue weighted by molar-refractivity contribution is 5.99. The molecule has 25 heavy (non-hydrogen) atoms. The van der Waals surface area contributed by atoms with Crippen molar-refractivity contribution in [2.45, 2.75) is 24.6 Å². The number of nitriles is 1. The molecule has 3 rings (SSSR count). The van der Waals surface area contributed by atoms with Crippen LogP contribution in [0.2, 0.25) is 0 Å². The number of hydrogen-bond acceptors (Lipinski definition) is 5. The second kappa shape index (κ2) is 5.88. The van der Waals surface area contributed by atoms with Crippen LogP contribution in [-0.4, -0.2) is 30.4 Å². The van der Waals surface area contributed by atoms with Crippen LogP contribution in [0.25, 0.3) is 0 Å². The summed E-state index contributed by atoms with van der Waals surface area (Å²) in [6, 6.07) is 5.80. The van der Waals surface area contributed by atoms with Crippen molar-refractivity contribution in [3.63, 3.8) is 0 Å². The normalized spacial score (nSPS) is 22.7. The zero-order chi connectivity index (χ0) is 18.2. The minimum atomic E-state index is -4.46. The quantitative estimate of drug-likeness (QED) is 0.851. The van der Waals surface area contributed by atoms with E-state index < -0.39 is 24.2 Å². The standard InChI is InChI=1S/C16H13F3N2O4/c17-16(18,19)8-25-9-1-2-11-13(5-9)24-4-3-15(11)6-12(22)10(7-20)14(23)21-15/h1-2,5,22H,3-4,6,8H2,(H,21,23)/t15-/m1/s1. The summed E-state index contributed by atoms with van der Waals surface area (Å²) < 4.78 is 46.9. The number of carbonyl (C=O) groups is 1. The molecule has 2 heterocycles. The smallest absolute Gasteiger partial charge is 0.422 e. The van der Waals surface area contributed by atoms with Gasteiger partial charge in [-0.25, -0.2) is 0 Å². The van der Waals surface area contributed by atoms with Crippen LogP contribution in [0.5, 0.6) is 11.5 Å². The van der Waals surface area contributed by atoms with Crippen molar-refractivity contribution in [2.24, 2.45) is 0 Å². The number of hydrogen-bond donors (Lipinski definition) is 2. The number of aliphatic hydroxyl groups is 1. The van der Waals surface area contributed by atoms with Crippen molar-refractivity contribution in [3.05, 3.63) is 35.1 Å². The molecule has 6 nitrogen and oxygen atoms in total. The molecule has 9 heteroatoms. The molecule has 2 aliphatic heterocycles. The average Bonchev–Trinajstić information content (AvgIpc) is 2.52. The fourth-order valence-electron chi connectivity index (χ4n) is 3.00.